The Morgan fingerprint density at radius 3 is 2.26 bits per heavy atom. The summed E-state index contributed by atoms with van der Waals surface area (Å²) in [6.07, 6.45) is 3.05. The number of nitrogens with zero attached hydrogens (tertiary/aromatic N) is 2. The number of hydrogen-bond donors (Lipinski definition) is 2. The quantitative estimate of drug-likeness (QED) is 0.662. The number of nitrogens with one attached hydrogen (secondary N) is 1. The second-order valence-electron chi connectivity index (χ2n) is 5.06. The van der Waals surface area contributed by atoms with E-state index < -0.39 is 12.0 Å². The number of carbonyl (C=O) groups excluding carboxylic acids is 1. The fourth-order valence-corrected chi connectivity index (χ4v) is 1.65. The highest BCUT2D eigenvalue weighted by Crippen LogP contribution is 2.02. The molecule has 6 heteroatoms. The molecule has 1 atom stereocenters. The van der Waals surface area contributed by atoms with Crippen LogP contribution >= 0.6 is 0 Å². The molecule has 0 radical (unpaired) electrons. The minimum absolute atomic E-state index is 0.317. The van der Waals surface area contributed by atoms with E-state index in [0.29, 0.717) is 13.0 Å². The van der Waals surface area contributed by atoms with Crippen LogP contribution in [0.5, 0.6) is 0 Å². The van der Waals surface area contributed by atoms with Crippen molar-refractivity contribution in [2.45, 2.75) is 38.6 Å². The Labute approximate surface area is 115 Å². The van der Waals surface area contributed by atoms with Gasteiger partial charge in [0.2, 0.25) is 0 Å². The van der Waals surface area contributed by atoms with E-state index in [1.54, 1.807) is 7.05 Å². The van der Waals surface area contributed by atoms with Crippen LogP contribution in [-0.4, -0.2) is 67.2 Å². The number of carbonyl (C=O) groups is 2. The van der Waals surface area contributed by atoms with Gasteiger partial charge >= 0.3 is 12.0 Å². The van der Waals surface area contributed by atoms with Crippen molar-refractivity contribution in [1.82, 2.24) is 15.1 Å². The average molecular weight is 273 g/mol. The second kappa shape index (κ2) is 9.61. The first-order chi connectivity index (χ1) is 8.88. The smallest absolute Gasteiger partial charge is 0.326 e. The molecular formula is C13H27N3O3. The molecule has 2 N–H and O–H groups in total. The molecule has 0 aliphatic rings. The monoisotopic (exact) mass is 273 g/mol. The Balaban J connectivity index is 4.12. The van der Waals surface area contributed by atoms with E-state index in [0.717, 1.165) is 25.8 Å². The molecule has 0 aromatic heterocycles. The molecule has 6 nitrogen and oxygen atoms in total. The highest BCUT2D eigenvalue weighted by atomic mass is 16.4. The summed E-state index contributed by atoms with van der Waals surface area (Å²) in [6, 6.07) is -1.11. The molecule has 0 heterocycles. The maximum atomic E-state index is 11.8. The molecule has 0 fully saturated rings. The molecule has 0 aromatic carbocycles. The highest BCUT2D eigenvalue weighted by Gasteiger charge is 2.20. The Hall–Kier alpha value is -1.30. The highest BCUT2D eigenvalue weighted by molar-refractivity contribution is 5.82. The van der Waals surface area contributed by atoms with Crippen molar-refractivity contribution in [2.24, 2.45) is 0 Å². The van der Waals surface area contributed by atoms with Crippen molar-refractivity contribution in [1.29, 1.82) is 0 Å². The lowest BCUT2D eigenvalue weighted by Gasteiger charge is -2.22. The Kier molecular flexibility index (Phi) is 8.95. The van der Waals surface area contributed by atoms with Crippen LogP contribution < -0.4 is 5.32 Å². The first-order valence-electron chi connectivity index (χ1n) is 6.77. The van der Waals surface area contributed by atoms with Gasteiger partial charge < -0.3 is 20.2 Å². The molecule has 0 spiro atoms. The summed E-state index contributed by atoms with van der Waals surface area (Å²) >= 11 is 0. The summed E-state index contributed by atoms with van der Waals surface area (Å²) in [5.74, 6) is -0.969. The van der Waals surface area contributed by atoms with E-state index in [-0.39, 0.29) is 6.03 Å². The SMILES string of the molecule is CCCC[C@H](NC(=O)N(C)CCCN(C)C)C(=O)O. The lowest BCUT2D eigenvalue weighted by Crippen LogP contribution is -2.47. The van der Waals surface area contributed by atoms with Gasteiger partial charge in [-0.25, -0.2) is 9.59 Å². The van der Waals surface area contributed by atoms with Crippen LogP contribution in [0.25, 0.3) is 0 Å². The van der Waals surface area contributed by atoms with Crippen LogP contribution in [0.2, 0.25) is 0 Å². The molecule has 0 aliphatic heterocycles. The summed E-state index contributed by atoms with van der Waals surface area (Å²) < 4.78 is 0. The molecule has 0 bridgehead atoms. The van der Waals surface area contributed by atoms with E-state index in [1.165, 1.54) is 4.90 Å². The van der Waals surface area contributed by atoms with Crippen molar-refractivity contribution < 1.29 is 14.7 Å². The fourth-order valence-electron chi connectivity index (χ4n) is 1.65. The molecule has 2 amide bonds. The molecule has 112 valence electrons. The number of rotatable bonds is 9. The number of urea groups is 1. The van der Waals surface area contributed by atoms with Crippen LogP contribution in [0.1, 0.15) is 32.6 Å². The summed E-state index contributed by atoms with van der Waals surface area (Å²) in [4.78, 5) is 26.4. The first kappa shape index (κ1) is 17.7. The zero-order chi connectivity index (χ0) is 14.8. The van der Waals surface area contributed by atoms with Gasteiger partial charge in [0.15, 0.2) is 0 Å². The van der Waals surface area contributed by atoms with Gasteiger partial charge in [-0.1, -0.05) is 19.8 Å². The number of amides is 2. The van der Waals surface area contributed by atoms with Gasteiger partial charge in [0.25, 0.3) is 0 Å². The van der Waals surface area contributed by atoms with Gasteiger partial charge in [0.05, 0.1) is 0 Å². The van der Waals surface area contributed by atoms with Crippen LogP contribution in [-0.2, 0) is 4.79 Å². The molecule has 0 aliphatic carbocycles. The van der Waals surface area contributed by atoms with Crippen molar-refractivity contribution >= 4 is 12.0 Å². The largest absolute Gasteiger partial charge is 0.480 e. The van der Waals surface area contributed by atoms with Crippen molar-refractivity contribution in [3.05, 3.63) is 0 Å². The van der Waals surface area contributed by atoms with E-state index in [4.69, 9.17) is 5.11 Å². The Bertz CT molecular complexity index is 282. The van der Waals surface area contributed by atoms with Crippen LogP contribution in [0.4, 0.5) is 4.79 Å². The maximum absolute atomic E-state index is 11.8. The Morgan fingerprint density at radius 1 is 1.16 bits per heavy atom. The molecular weight excluding hydrogens is 246 g/mol. The molecule has 0 unspecified atom stereocenters. The fraction of sp³-hybridized carbons (Fsp3) is 0.846. The third-order valence-corrected chi connectivity index (χ3v) is 2.89. The van der Waals surface area contributed by atoms with E-state index in [2.05, 4.69) is 5.32 Å². The van der Waals surface area contributed by atoms with Crippen LogP contribution in [0, 0.1) is 0 Å². The van der Waals surface area contributed by atoms with Gasteiger partial charge in [0.1, 0.15) is 6.04 Å². The van der Waals surface area contributed by atoms with Gasteiger partial charge in [0, 0.05) is 13.6 Å². The van der Waals surface area contributed by atoms with E-state index >= 15 is 0 Å². The third kappa shape index (κ3) is 8.42. The maximum Gasteiger partial charge on any atom is 0.326 e. The van der Waals surface area contributed by atoms with E-state index in [1.807, 2.05) is 25.9 Å². The first-order valence-corrected chi connectivity index (χ1v) is 6.77. The minimum Gasteiger partial charge on any atom is -0.480 e. The summed E-state index contributed by atoms with van der Waals surface area (Å²) in [5, 5.41) is 11.6. The topological polar surface area (TPSA) is 72.9 Å². The van der Waals surface area contributed by atoms with Gasteiger partial charge in [-0.2, -0.15) is 0 Å². The summed E-state index contributed by atoms with van der Waals surface area (Å²) in [6.45, 7) is 3.51. The lowest BCUT2D eigenvalue weighted by atomic mass is 10.1. The van der Waals surface area contributed by atoms with Crippen molar-refractivity contribution in [3.63, 3.8) is 0 Å². The predicted molar refractivity (Wildman–Crippen MR) is 75.3 cm³/mol. The minimum atomic E-state index is -0.969. The molecule has 19 heavy (non-hydrogen) atoms. The summed E-state index contributed by atoms with van der Waals surface area (Å²) in [7, 11) is 5.64. The third-order valence-electron chi connectivity index (χ3n) is 2.89. The normalized spacial score (nSPS) is 12.3. The zero-order valence-electron chi connectivity index (χ0n) is 12.5. The average Bonchev–Trinajstić information content (AvgIpc) is 2.33. The standard InChI is InChI=1S/C13H27N3O3/c1-5-6-8-11(12(17)18)14-13(19)16(4)10-7-9-15(2)3/h11H,5-10H2,1-4H3,(H,14,19)(H,17,18)/t11-/m0/s1. The predicted octanol–water partition coefficient (Wildman–Crippen LogP) is 1.22. The molecule has 0 aromatic rings. The number of carboxylic acids is 1. The second-order valence-corrected chi connectivity index (χ2v) is 5.06. The van der Waals surface area contributed by atoms with Gasteiger partial charge in [-0.05, 0) is 33.5 Å². The lowest BCUT2D eigenvalue weighted by molar-refractivity contribution is -0.139. The number of hydrogen-bond acceptors (Lipinski definition) is 3. The van der Waals surface area contributed by atoms with Gasteiger partial charge in [-0.3, -0.25) is 0 Å². The van der Waals surface area contributed by atoms with Crippen LogP contribution in [0.15, 0.2) is 0 Å². The van der Waals surface area contributed by atoms with Crippen molar-refractivity contribution in [3.8, 4) is 0 Å². The van der Waals surface area contributed by atoms with Gasteiger partial charge in [-0.15, -0.1) is 0 Å². The number of carboxylic acid groups (broad SMARTS) is 1. The number of unbranched alkanes of at least 4 members (excludes halogenated alkanes) is 1. The van der Waals surface area contributed by atoms with E-state index in [9.17, 15) is 9.59 Å². The molecule has 0 saturated heterocycles. The van der Waals surface area contributed by atoms with Crippen molar-refractivity contribution in [2.75, 3.05) is 34.2 Å². The number of aliphatic carboxylic acids is 1. The molecule has 0 rings (SSSR count). The Morgan fingerprint density at radius 2 is 1.79 bits per heavy atom. The summed E-state index contributed by atoms with van der Waals surface area (Å²) in [5.41, 5.74) is 0. The zero-order valence-corrected chi connectivity index (χ0v) is 12.5. The molecule has 0 saturated carbocycles. The van der Waals surface area contributed by atoms with Crippen LogP contribution in [0.3, 0.4) is 0 Å².